The third kappa shape index (κ3) is 5.24. The number of carbonyl (C=O) groups is 1. The summed E-state index contributed by atoms with van der Waals surface area (Å²) in [5.41, 5.74) is 0.456. The van der Waals surface area contributed by atoms with E-state index in [1.807, 2.05) is 7.11 Å². The highest BCUT2D eigenvalue weighted by Gasteiger charge is 2.64. The molecule has 0 aromatic heterocycles. The Labute approximate surface area is 212 Å². The van der Waals surface area contributed by atoms with Crippen molar-refractivity contribution in [3.63, 3.8) is 0 Å². The minimum absolute atomic E-state index is 0.0571. The van der Waals surface area contributed by atoms with E-state index in [9.17, 15) is 4.79 Å². The second-order valence-electron chi connectivity index (χ2n) is 11.1. The summed E-state index contributed by atoms with van der Waals surface area (Å²) in [6, 6.07) is 0. The molecule has 0 saturated heterocycles. The fourth-order valence-electron chi connectivity index (χ4n) is 8.83. The maximum atomic E-state index is 13.3. The van der Waals surface area contributed by atoms with Gasteiger partial charge in [0.25, 0.3) is 0 Å². The van der Waals surface area contributed by atoms with E-state index in [-0.39, 0.29) is 28.1 Å². The van der Waals surface area contributed by atoms with E-state index in [0.717, 1.165) is 44.6 Å². The Morgan fingerprint density at radius 3 is 1.79 bits per heavy atom. The van der Waals surface area contributed by atoms with E-state index in [2.05, 4.69) is 55.4 Å². The van der Waals surface area contributed by atoms with Crippen LogP contribution in [-0.2, 0) is 19.0 Å². The predicted octanol–water partition coefficient (Wildman–Crippen LogP) is 8.07. The molecule has 1 fully saturated rings. The summed E-state index contributed by atoms with van der Waals surface area (Å²) in [6.45, 7) is 20.2. The van der Waals surface area contributed by atoms with Crippen LogP contribution in [0.2, 0.25) is 0 Å². The van der Waals surface area contributed by atoms with Gasteiger partial charge in [-0.15, -0.1) is 0 Å². The average Bonchev–Trinajstić information content (AvgIpc) is 2.85. The number of esters is 1. The monoisotopic (exact) mass is 482 g/mol. The second-order valence-corrected chi connectivity index (χ2v) is 11.1. The fraction of sp³-hybridized carbons (Fsp3) is 0.967. The summed E-state index contributed by atoms with van der Waals surface area (Å²) < 4.78 is 16.9. The summed E-state index contributed by atoms with van der Waals surface area (Å²) in [5.74, 6) is 0.508. The van der Waals surface area contributed by atoms with Crippen LogP contribution in [0.15, 0.2) is 0 Å². The van der Waals surface area contributed by atoms with Crippen molar-refractivity contribution < 1.29 is 19.0 Å². The van der Waals surface area contributed by atoms with Gasteiger partial charge in [-0.25, -0.2) is 0 Å². The van der Waals surface area contributed by atoms with Crippen molar-refractivity contribution in [2.24, 2.45) is 33.5 Å². The lowest BCUT2D eigenvalue weighted by Gasteiger charge is -2.67. The summed E-state index contributed by atoms with van der Waals surface area (Å²) >= 11 is 0. The van der Waals surface area contributed by atoms with Gasteiger partial charge in [0.2, 0.25) is 0 Å². The summed E-state index contributed by atoms with van der Waals surface area (Å²) in [4.78, 5) is 13.3. The van der Waals surface area contributed by atoms with Crippen LogP contribution < -0.4 is 0 Å². The zero-order valence-electron chi connectivity index (χ0n) is 24.5. The van der Waals surface area contributed by atoms with Crippen LogP contribution in [-0.4, -0.2) is 40.0 Å². The van der Waals surface area contributed by atoms with Crippen molar-refractivity contribution in [1.82, 2.24) is 0 Å². The highest BCUT2D eigenvalue weighted by molar-refractivity contribution is 5.73. The molecule has 4 nitrogen and oxygen atoms in total. The smallest absolute Gasteiger partial charge is 0.309 e. The topological polar surface area (TPSA) is 44.8 Å². The molecule has 202 valence electrons. The lowest BCUT2D eigenvalue weighted by atomic mass is 9.37. The molecular formula is C30H58O4. The van der Waals surface area contributed by atoms with Crippen molar-refractivity contribution in [2.45, 2.75) is 120 Å². The minimum Gasteiger partial charge on any atom is -0.463 e. The number of ether oxygens (including phenoxy) is 3. The van der Waals surface area contributed by atoms with E-state index in [1.165, 1.54) is 32.1 Å². The molecule has 0 aromatic rings. The molecule has 0 heterocycles. The van der Waals surface area contributed by atoms with Gasteiger partial charge in [-0.1, -0.05) is 68.2 Å². The molecule has 1 aliphatic rings. The van der Waals surface area contributed by atoms with Crippen LogP contribution in [0.4, 0.5) is 0 Å². The van der Waals surface area contributed by atoms with Crippen molar-refractivity contribution in [2.75, 3.05) is 34.0 Å². The Morgan fingerprint density at radius 1 is 0.853 bits per heavy atom. The van der Waals surface area contributed by atoms with Gasteiger partial charge in [0.1, 0.15) is 6.61 Å². The van der Waals surface area contributed by atoms with Gasteiger partial charge in [0.05, 0.1) is 19.1 Å². The first-order valence-corrected chi connectivity index (χ1v) is 14.3. The number of hydrogen-bond donors (Lipinski definition) is 0. The highest BCUT2D eigenvalue weighted by atomic mass is 16.6. The largest absolute Gasteiger partial charge is 0.463 e. The Bertz CT molecular complexity index is 587. The van der Waals surface area contributed by atoms with Gasteiger partial charge in [0, 0.05) is 19.6 Å². The fourth-order valence-corrected chi connectivity index (χ4v) is 8.83. The molecule has 3 unspecified atom stereocenters. The van der Waals surface area contributed by atoms with E-state index in [1.54, 1.807) is 7.11 Å². The van der Waals surface area contributed by atoms with Crippen LogP contribution in [0, 0.1) is 33.5 Å². The molecule has 1 saturated carbocycles. The Kier molecular flexibility index (Phi) is 12.6. The zero-order valence-corrected chi connectivity index (χ0v) is 24.5. The molecule has 0 aromatic carbocycles. The van der Waals surface area contributed by atoms with Crippen LogP contribution >= 0.6 is 0 Å². The number of carbonyl (C=O) groups excluding carboxylic acids is 1. The third-order valence-corrected chi connectivity index (χ3v) is 11.0. The van der Waals surface area contributed by atoms with Crippen LogP contribution in [0.3, 0.4) is 0 Å². The lowest BCUT2D eigenvalue weighted by molar-refractivity contribution is -0.207. The van der Waals surface area contributed by atoms with Crippen molar-refractivity contribution in [3.05, 3.63) is 0 Å². The van der Waals surface area contributed by atoms with Crippen molar-refractivity contribution in [1.29, 1.82) is 0 Å². The highest BCUT2D eigenvalue weighted by Crippen LogP contribution is 2.71. The Hall–Kier alpha value is -0.610. The molecule has 1 rings (SSSR count). The maximum Gasteiger partial charge on any atom is 0.309 e. The molecule has 0 radical (unpaired) electrons. The van der Waals surface area contributed by atoms with E-state index in [4.69, 9.17) is 14.2 Å². The molecule has 34 heavy (non-hydrogen) atoms. The normalized spacial score (nSPS) is 24.2. The van der Waals surface area contributed by atoms with Crippen LogP contribution in [0.25, 0.3) is 0 Å². The van der Waals surface area contributed by atoms with Crippen molar-refractivity contribution >= 4 is 5.97 Å². The number of methoxy groups -OCH3 is 2. The Morgan fingerprint density at radius 2 is 1.44 bits per heavy atom. The van der Waals surface area contributed by atoms with E-state index < -0.39 is 0 Å². The minimum atomic E-state index is -0.150. The van der Waals surface area contributed by atoms with Gasteiger partial charge < -0.3 is 14.2 Å². The molecule has 0 spiro atoms. The van der Waals surface area contributed by atoms with Gasteiger partial charge in [-0.2, -0.15) is 0 Å². The van der Waals surface area contributed by atoms with Crippen molar-refractivity contribution in [3.8, 4) is 0 Å². The molecule has 3 atom stereocenters. The average molecular weight is 483 g/mol. The molecule has 0 aliphatic heterocycles. The quantitative estimate of drug-likeness (QED) is 0.146. The molecule has 0 N–H and O–H groups in total. The van der Waals surface area contributed by atoms with Crippen LogP contribution in [0.1, 0.15) is 120 Å². The molecule has 1 aliphatic carbocycles. The standard InChI is InChI=1S/C30H58O4/c1-11-25(12-2)30(17-7)19-18-28(30,23-33-10)22-27(13-3,14-4)29(15-5,16-6)24(8)26(31)34-21-20-32-9/h24-25H,11-23H2,1-10H3. The SMILES string of the molecule is CCC(CC)C1(CC)CCC1(COC)CC(CC)(CC)C(CC)(CC)C(C)C(=O)OCCOC. The summed E-state index contributed by atoms with van der Waals surface area (Å²) in [7, 11) is 3.53. The molecular weight excluding hydrogens is 424 g/mol. The van der Waals surface area contributed by atoms with E-state index in [0.29, 0.717) is 18.6 Å². The number of rotatable bonds is 18. The second kappa shape index (κ2) is 13.6. The molecule has 0 bridgehead atoms. The molecule has 0 amide bonds. The first-order valence-electron chi connectivity index (χ1n) is 14.3. The first kappa shape index (κ1) is 31.4. The van der Waals surface area contributed by atoms with Crippen LogP contribution in [0.5, 0.6) is 0 Å². The maximum absolute atomic E-state index is 13.3. The van der Waals surface area contributed by atoms with Gasteiger partial charge in [-0.3, -0.25) is 4.79 Å². The first-order chi connectivity index (χ1) is 16.2. The number of hydrogen-bond acceptors (Lipinski definition) is 4. The van der Waals surface area contributed by atoms with Gasteiger partial charge >= 0.3 is 5.97 Å². The lowest BCUT2D eigenvalue weighted by Crippen LogP contribution is -2.61. The third-order valence-electron chi connectivity index (χ3n) is 11.0. The van der Waals surface area contributed by atoms with Gasteiger partial charge in [-0.05, 0) is 73.5 Å². The summed E-state index contributed by atoms with van der Waals surface area (Å²) in [5, 5.41) is 0. The molecule has 4 heteroatoms. The predicted molar refractivity (Wildman–Crippen MR) is 143 cm³/mol. The zero-order chi connectivity index (χ0) is 26.0. The van der Waals surface area contributed by atoms with E-state index >= 15 is 0 Å². The Balaban J connectivity index is 3.57. The van der Waals surface area contributed by atoms with Gasteiger partial charge in [0.15, 0.2) is 0 Å². The summed E-state index contributed by atoms with van der Waals surface area (Å²) in [6.07, 6.45) is 11.5.